The molecular weight excluding hydrogens is 421 g/mol. The topological polar surface area (TPSA) is 64.7 Å². The van der Waals surface area contributed by atoms with Crippen LogP contribution in [0.15, 0.2) is 42.5 Å². The van der Waals surface area contributed by atoms with Gasteiger partial charge >= 0.3 is 0 Å². The van der Waals surface area contributed by atoms with Gasteiger partial charge in [0.05, 0.1) is 6.67 Å². The standard InChI is InChI=1S/C23H25F3N4O2/c1-15(28-21(31)16-5-6-19(25)20(26)11-16)13-29-9-7-23(8-10-29)22(32)27-14-30(23)18-4-2-3-17(24)12-18/h2-6,11-12,15H,7-10,13-14H2,1H3,(H,27,32)(H,28,31)/t15-/m1/s1. The van der Waals surface area contributed by atoms with E-state index in [4.69, 9.17) is 0 Å². The molecule has 0 saturated carbocycles. The molecule has 2 aromatic rings. The van der Waals surface area contributed by atoms with Crippen molar-refractivity contribution in [3.8, 4) is 0 Å². The van der Waals surface area contributed by atoms with Crippen molar-refractivity contribution in [2.45, 2.75) is 31.3 Å². The number of benzene rings is 2. The number of nitrogens with zero attached hydrogens (tertiary/aromatic N) is 2. The van der Waals surface area contributed by atoms with Gasteiger partial charge in [-0.15, -0.1) is 0 Å². The summed E-state index contributed by atoms with van der Waals surface area (Å²) in [5, 5.41) is 5.69. The van der Waals surface area contributed by atoms with Crippen LogP contribution < -0.4 is 15.5 Å². The second-order valence-corrected chi connectivity index (χ2v) is 8.41. The van der Waals surface area contributed by atoms with Crippen LogP contribution in [-0.4, -0.2) is 54.6 Å². The van der Waals surface area contributed by atoms with Crippen LogP contribution >= 0.6 is 0 Å². The Kier molecular flexibility index (Phi) is 6.10. The predicted octanol–water partition coefficient (Wildman–Crippen LogP) is 2.65. The van der Waals surface area contributed by atoms with Gasteiger partial charge in [-0.25, -0.2) is 13.2 Å². The van der Waals surface area contributed by atoms with Crippen molar-refractivity contribution >= 4 is 17.5 Å². The van der Waals surface area contributed by atoms with E-state index < -0.39 is 23.1 Å². The van der Waals surface area contributed by atoms with Gasteiger partial charge in [-0.3, -0.25) is 9.59 Å². The molecular formula is C23H25F3N4O2. The number of amides is 2. The van der Waals surface area contributed by atoms with Crippen molar-refractivity contribution in [1.29, 1.82) is 0 Å². The Morgan fingerprint density at radius 2 is 1.88 bits per heavy atom. The lowest BCUT2D eigenvalue weighted by Crippen LogP contribution is -2.57. The predicted molar refractivity (Wildman–Crippen MR) is 114 cm³/mol. The Bertz CT molecular complexity index is 1020. The van der Waals surface area contributed by atoms with E-state index in [1.54, 1.807) is 12.1 Å². The second kappa shape index (κ2) is 8.82. The average molecular weight is 446 g/mol. The van der Waals surface area contributed by atoms with Crippen LogP contribution in [-0.2, 0) is 4.79 Å². The Morgan fingerprint density at radius 1 is 1.12 bits per heavy atom. The van der Waals surface area contributed by atoms with Crippen molar-refractivity contribution in [2.24, 2.45) is 0 Å². The fraction of sp³-hybridized carbons (Fsp3) is 0.391. The third-order valence-electron chi connectivity index (χ3n) is 6.23. The Morgan fingerprint density at radius 3 is 2.56 bits per heavy atom. The van der Waals surface area contributed by atoms with Crippen molar-refractivity contribution in [2.75, 3.05) is 31.2 Å². The van der Waals surface area contributed by atoms with Gasteiger partial charge in [0.1, 0.15) is 11.4 Å². The summed E-state index contributed by atoms with van der Waals surface area (Å²) in [5.74, 6) is -2.94. The molecule has 2 aliphatic rings. The van der Waals surface area contributed by atoms with Crippen molar-refractivity contribution in [3.63, 3.8) is 0 Å². The summed E-state index contributed by atoms with van der Waals surface area (Å²) in [6.07, 6.45) is 1.14. The summed E-state index contributed by atoms with van der Waals surface area (Å²) in [6, 6.07) is 9.05. The van der Waals surface area contributed by atoms with Gasteiger partial charge in [-0.05, 0) is 56.2 Å². The number of piperidine rings is 1. The minimum Gasteiger partial charge on any atom is -0.348 e. The molecule has 2 saturated heterocycles. The zero-order valence-corrected chi connectivity index (χ0v) is 17.7. The molecule has 6 nitrogen and oxygen atoms in total. The van der Waals surface area contributed by atoms with E-state index >= 15 is 0 Å². The highest BCUT2D eigenvalue weighted by molar-refractivity contribution is 5.94. The van der Waals surface area contributed by atoms with E-state index in [0.29, 0.717) is 44.8 Å². The molecule has 2 N–H and O–H groups in total. The lowest BCUT2D eigenvalue weighted by Gasteiger charge is -2.43. The molecule has 4 rings (SSSR count). The number of hydrogen-bond acceptors (Lipinski definition) is 4. The molecule has 9 heteroatoms. The largest absolute Gasteiger partial charge is 0.348 e. The van der Waals surface area contributed by atoms with Crippen molar-refractivity contribution in [1.82, 2.24) is 15.5 Å². The number of nitrogens with one attached hydrogen (secondary N) is 2. The number of halogens is 3. The summed E-state index contributed by atoms with van der Waals surface area (Å²) in [7, 11) is 0. The smallest absolute Gasteiger partial charge is 0.251 e. The maximum atomic E-state index is 13.7. The first-order valence-corrected chi connectivity index (χ1v) is 10.6. The molecule has 2 aromatic carbocycles. The van der Waals surface area contributed by atoms with Gasteiger partial charge in [0.15, 0.2) is 11.6 Å². The zero-order chi connectivity index (χ0) is 22.9. The number of rotatable bonds is 5. The van der Waals surface area contributed by atoms with Gasteiger partial charge < -0.3 is 20.4 Å². The Labute approximate surface area is 184 Å². The number of carbonyl (C=O) groups excluding carboxylic acids is 2. The van der Waals surface area contributed by atoms with Crippen LogP contribution in [0.4, 0.5) is 18.9 Å². The van der Waals surface area contributed by atoms with E-state index in [1.807, 2.05) is 11.8 Å². The lowest BCUT2D eigenvalue weighted by atomic mass is 9.85. The maximum Gasteiger partial charge on any atom is 0.251 e. The lowest BCUT2D eigenvalue weighted by molar-refractivity contribution is -0.125. The molecule has 0 radical (unpaired) electrons. The van der Waals surface area contributed by atoms with E-state index in [9.17, 15) is 22.8 Å². The van der Waals surface area contributed by atoms with E-state index in [0.717, 1.165) is 12.1 Å². The Hall–Kier alpha value is -3.07. The fourth-order valence-electron chi connectivity index (χ4n) is 4.55. The van der Waals surface area contributed by atoms with Crippen LogP contribution in [0.3, 0.4) is 0 Å². The van der Waals surface area contributed by atoms with Gasteiger partial charge in [0.2, 0.25) is 5.91 Å². The molecule has 1 atom stereocenters. The molecule has 0 aromatic heterocycles. The molecule has 1 spiro atoms. The highest BCUT2D eigenvalue weighted by Crippen LogP contribution is 2.36. The minimum absolute atomic E-state index is 0.0545. The Balaban J connectivity index is 1.36. The monoisotopic (exact) mass is 446 g/mol. The summed E-state index contributed by atoms with van der Waals surface area (Å²) in [6.45, 7) is 3.98. The first-order chi connectivity index (χ1) is 15.3. The summed E-state index contributed by atoms with van der Waals surface area (Å²) < 4.78 is 40.2. The SMILES string of the molecule is C[C@H](CN1CCC2(CC1)C(=O)NCN2c1cccc(F)c1)NC(=O)c1ccc(F)c(F)c1. The summed E-state index contributed by atoms with van der Waals surface area (Å²) >= 11 is 0. The zero-order valence-electron chi connectivity index (χ0n) is 17.7. The van der Waals surface area contributed by atoms with E-state index in [-0.39, 0.29) is 23.3 Å². The molecule has 170 valence electrons. The molecule has 2 aliphatic heterocycles. The van der Waals surface area contributed by atoms with Gasteiger partial charge in [-0.2, -0.15) is 0 Å². The number of carbonyl (C=O) groups is 2. The number of anilines is 1. The van der Waals surface area contributed by atoms with Gasteiger partial charge in [0.25, 0.3) is 5.91 Å². The molecule has 0 unspecified atom stereocenters. The first kappa shape index (κ1) is 22.1. The maximum absolute atomic E-state index is 13.7. The fourth-order valence-corrected chi connectivity index (χ4v) is 4.55. The quantitative estimate of drug-likeness (QED) is 0.741. The van der Waals surface area contributed by atoms with Crippen LogP contribution in [0.5, 0.6) is 0 Å². The minimum atomic E-state index is -1.07. The second-order valence-electron chi connectivity index (χ2n) is 8.41. The van der Waals surface area contributed by atoms with Crippen LogP contribution in [0.1, 0.15) is 30.1 Å². The third kappa shape index (κ3) is 4.29. The molecule has 2 amide bonds. The highest BCUT2D eigenvalue weighted by Gasteiger charge is 2.50. The highest BCUT2D eigenvalue weighted by atomic mass is 19.2. The van der Waals surface area contributed by atoms with E-state index in [2.05, 4.69) is 15.5 Å². The molecule has 0 aliphatic carbocycles. The van der Waals surface area contributed by atoms with Gasteiger partial charge in [0, 0.05) is 36.9 Å². The van der Waals surface area contributed by atoms with Gasteiger partial charge in [-0.1, -0.05) is 6.07 Å². The molecule has 32 heavy (non-hydrogen) atoms. The van der Waals surface area contributed by atoms with Crippen LogP contribution in [0.25, 0.3) is 0 Å². The van der Waals surface area contributed by atoms with Crippen molar-refractivity contribution in [3.05, 3.63) is 65.5 Å². The van der Waals surface area contributed by atoms with Crippen molar-refractivity contribution < 1.29 is 22.8 Å². The molecule has 0 bridgehead atoms. The summed E-state index contributed by atoms with van der Waals surface area (Å²) in [5.41, 5.74) is 0.00765. The first-order valence-electron chi connectivity index (χ1n) is 10.6. The number of hydrogen-bond donors (Lipinski definition) is 2. The third-order valence-corrected chi connectivity index (χ3v) is 6.23. The van der Waals surface area contributed by atoms with Crippen LogP contribution in [0, 0.1) is 17.5 Å². The molecule has 2 heterocycles. The van der Waals surface area contributed by atoms with E-state index in [1.165, 1.54) is 18.2 Å². The summed E-state index contributed by atoms with van der Waals surface area (Å²) in [4.78, 5) is 29.1. The normalized spacial score (nSPS) is 19.1. The average Bonchev–Trinajstić information content (AvgIpc) is 3.07. The molecule has 2 fully saturated rings. The number of likely N-dealkylation sites (tertiary alicyclic amines) is 1. The van der Waals surface area contributed by atoms with Crippen LogP contribution in [0.2, 0.25) is 0 Å².